The molecule has 0 atom stereocenters. The molecular weight excluding hydrogens is 503 g/mol. The fraction of sp³-hybridized carbons (Fsp3) is 0.227. The summed E-state index contributed by atoms with van der Waals surface area (Å²) < 4.78 is 25.0. The van der Waals surface area contributed by atoms with Gasteiger partial charge in [0.1, 0.15) is 12.4 Å². The number of ether oxygens (including phenoxy) is 2. The van der Waals surface area contributed by atoms with E-state index in [9.17, 15) is 18.8 Å². The highest BCUT2D eigenvalue weighted by Crippen LogP contribution is 2.39. The van der Waals surface area contributed by atoms with Gasteiger partial charge >= 0.3 is 0 Å². The molecule has 7 nitrogen and oxygen atoms in total. The molecule has 0 bridgehead atoms. The lowest BCUT2D eigenvalue weighted by Crippen LogP contribution is -2.36. The molecule has 2 aromatic carbocycles. The molecule has 1 heterocycles. The van der Waals surface area contributed by atoms with Gasteiger partial charge in [0.15, 0.2) is 11.5 Å². The molecule has 1 N–H and O–H groups in total. The minimum Gasteiger partial charge on any atom is -0.493 e. The van der Waals surface area contributed by atoms with Crippen molar-refractivity contribution in [3.63, 3.8) is 0 Å². The van der Waals surface area contributed by atoms with Crippen LogP contribution in [0.5, 0.6) is 11.5 Å². The quantitative estimate of drug-likeness (QED) is 0.511. The molecule has 1 saturated heterocycles. The van der Waals surface area contributed by atoms with E-state index in [1.54, 1.807) is 18.2 Å². The Bertz CT molecular complexity index is 1110. The minimum atomic E-state index is -0.612. The zero-order chi connectivity index (χ0) is 23.4. The molecule has 168 valence electrons. The Balaban J connectivity index is 1.76. The molecule has 0 radical (unpaired) electrons. The maximum atomic E-state index is 13.3. The summed E-state index contributed by atoms with van der Waals surface area (Å²) in [6.07, 6.45) is 1.48. The van der Waals surface area contributed by atoms with E-state index in [0.717, 1.165) is 22.7 Å². The van der Waals surface area contributed by atoms with Crippen LogP contribution < -0.4 is 14.8 Å². The van der Waals surface area contributed by atoms with Gasteiger partial charge in [-0.25, -0.2) is 4.39 Å². The van der Waals surface area contributed by atoms with Gasteiger partial charge in [0.2, 0.25) is 5.91 Å². The van der Waals surface area contributed by atoms with Crippen molar-refractivity contribution in [3.8, 4) is 11.5 Å². The van der Waals surface area contributed by atoms with Crippen molar-refractivity contribution in [2.45, 2.75) is 20.0 Å². The predicted molar refractivity (Wildman–Crippen MR) is 124 cm³/mol. The number of rotatable bonds is 7. The van der Waals surface area contributed by atoms with E-state index in [1.165, 1.54) is 25.3 Å². The normalized spacial score (nSPS) is 14.9. The van der Waals surface area contributed by atoms with Crippen molar-refractivity contribution in [1.82, 2.24) is 4.90 Å². The first-order valence-electron chi connectivity index (χ1n) is 9.53. The van der Waals surface area contributed by atoms with Gasteiger partial charge in [-0.3, -0.25) is 19.3 Å². The van der Waals surface area contributed by atoms with Crippen molar-refractivity contribution in [2.24, 2.45) is 0 Å². The average molecular weight is 523 g/mol. The van der Waals surface area contributed by atoms with Gasteiger partial charge < -0.3 is 14.8 Å². The highest BCUT2D eigenvalue weighted by atomic mass is 79.9. The van der Waals surface area contributed by atoms with Crippen molar-refractivity contribution in [2.75, 3.05) is 19.0 Å². The van der Waals surface area contributed by atoms with Crippen LogP contribution in [0, 0.1) is 5.82 Å². The highest BCUT2D eigenvalue weighted by Gasteiger charge is 2.36. The summed E-state index contributed by atoms with van der Waals surface area (Å²) in [4.78, 5) is 38.3. The lowest BCUT2D eigenvalue weighted by atomic mass is 10.1. The van der Waals surface area contributed by atoms with Crippen LogP contribution in [0.25, 0.3) is 6.08 Å². The SMILES string of the molecule is COc1cc(/C=C2/SC(=O)N(CC(=O)Nc3cccc(F)c3)C2=O)cc(Br)c1OC(C)C. The second kappa shape index (κ2) is 10.2. The van der Waals surface area contributed by atoms with E-state index in [0.29, 0.717) is 21.5 Å². The van der Waals surface area contributed by atoms with Crippen molar-refractivity contribution in [1.29, 1.82) is 0 Å². The number of imide groups is 1. The number of amides is 3. The number of methoxy groups -OCH3 is 1. The molecule has 0 aliphatic carbocycles. The molecule has 2 aromatic rings. The minimum absolute atomic E-state index is 0.0684. The number of anilines is 1. The van der Waals surface area contributed by atoms with Crippen LogP contribution in [-0.2, 0) is 9.59 Å². The third kappa shape index (κ3) is 5.68. The third-order valence-corrected chi connectivity index (χ3v) is 5.68. The summed E-state index contributed by atoms with van der Waals surface area (Å²) in [5, 5.41) is 1.90. The second-order valence-corrected chi connectivity index (χ2v) is 8.87. The fourth-order valence-corrected chi connectivity index (χ4v) is 4.26. The lowest BCUT2D eigenvalue weighted by Gasteiger charge is -2.16. The number of thioether (sulfide) groups is 1. The number of benzene rings is 2. The number of carbonyl (C=O) groups excluding carboxylic acids is 3. The van der Waals surface area contributed by atoms with Crippen LogP contribution in [0.15, 0.2) is 45.8 Å². The van der Waals surface area contributed by atoms with Crippen molar-refractivity contribution in [3.05, 3.63) is 57.2 Å². The first-order valence-corrected chi connectivity index (χ1v) is 11.1. The van der Waals surface area contributed by atoms with Crippen LogP contribution >= 0.6 is 27.7 Å². The van der Waals surface area contributed by atoms with Crippen molar-refractivity contribution >= 4 is 56.5 Å². The summed E-state index contributed by atoms with van der Waals surface area (Å²) in [7, 11) is 1.50. The highest BCUT2D eigenvalue weighted by molar-refractivity contribution is 9.10. The monoisotopic (exact) mass is 522 g/mol. The molecule has 32 heavy (non-hydrogen) atoms. The Morgan fingerprint density at radius 1 is 1.28 bits per heavy atom. The molecule has 1 aliphatic rings. The van der Waals surface area contributed by atoms with Crippen LogP contribution in [0.4, 0.5) is 14.9 Å². The predicted octanol–water partition coefficient (Wildman–Crippen LogP) is 5.06. The topological polar surface area (TPSA) is 84.9 Å². The smallest absolute Gasteiger partial charge is 0.294 e. The zero-order valence-electron chi connectivity index (χ0n) is 17.5. The molecule has 0 aromatic heterocycles. The fourth-order valence-electron chi connectivity index (χ4n) is 2.87. The largest absolute Gasteiger partial charge is 0.493 e. The number of hydrogen-bond donors (Lipinski definition) is 1. The van der Waals surface area contributed by atoms with Crippen LogP contribution in [0.3, 0.4) is 0 Å². The molecule has 3 amide bonds. The molecule has 0 unspecified atom stereocenters. The summed E-state index contributed by atoms with van der Waals surface area (Å²) in [6, 6.07) is 8.76. The lowest BCUT2D eigenvalue weighted by molar-refractivity contribution is -0.127. The van der Waals surface area contributed by atoms with Gasteiger partial charge in [-0.1, -0.05) is 6.07 Å². The second-order valence-electron chi connectivity index (χ2n) is 7.03. The van der Waals surface area contributed by atoms with Gasteiger partial charge in [0, 0.05) is 5.69 Å². The molecular formula is C22H20BrFN2O5S. The summed E-state index contributed by atoms with van der Waals surface area (Å²) in [6.45, 7) is 3.30. The number of nitrogens with zero attached hydrogens (tertiary/aromatic N) is 1. The van der Waals surface area contributed by atoms with E-state index < -0.39 is 29.4 Å². The van der Waals surface area contributed by atoms with Crippen molar-refractivity contribution < 1.29 is 28.2 Å². The maximum Gasteiger partial charge on any atom is 0.294 e. The van der Waals surface area contributed by atoms with E-state index in [-0.39, 0.29) is 16.7 Å². The Kier molecular flexibility index (Phi) is 7.57. The first-order chi connectivity index (χ1) is 15.2. The molecule has 1 aliphatic heterocycles. The van der Waals surface area contributed by atoms with E-state index in [1.807, 2.05) is 13.8 Å². The van der Waals surface area contributed by atoms with E-state index >= 15 is 0 Å². The van der Waals surface area contributed by atoms with Crippen LogP contribution in [0.2, 0.25) is 0 Å². The number of nitrogens with one attached hydrogen (secondary N) is 1. The molecule has 1 fully saturated rings. The molecule has 10 heteroatoms. The first kappa shape index (κ1) is 23.8. The van der Waals surface area contributed by atoms with Gasteiger partial charge in [0.25, 0.3) is 11.1 Å². The van der Waals surface area contributed by atoms with Gasteiger partial charge in [0.05, 0.1) is 22.6 Å². The number of hydrogen-bond acceptors (Lipinski definition) is 6. The van der Waals surface area contributed by atoms with E-state index in [4.69, 9.17) is 9.47 Å². The Morgan fingerprint density at radius 2 is 2.03 bits per heavy atom. The maximum absolute atomic E-state index is 13.3. The zero-order valence-corrected chi connectivity index (χ0v) is 19.9. The summed E-state index contributed by atoms with van der Waals surface area (Å²) in [5.74, 6) is -0.719. The number of carbonyl (C=O) groups is 3. The standard InChI is InChI=1S/C22H20BrFN2O5S/c1-12(2)31-20-16(23)7-13(8-17(20)30-3)9-18-21(28)26(22(29)32-18)11-19(27)25-15-6-4-5-14(24)10-15/h4-10,12H,11H2,1-3H3,(H,25,27)/b18-9+. The van der Waals surface area contributed by atoms with Gasteiger partial charge in [-0.15, -0.1) is 0 Å². The Morgan fingerprint density at radius 3 is 2.69 bits per heavy atom. The molecule has 0 spiro atoms. The van der Waals surface area contributed by atoms with Gasteiger partial charge in [-0.05, 0) is 83.5 Å². The summed E-state index contributed by atoms with van der Waals surface area (Å²) in [5.41, 5.74) is 0.845. The van der Waals surface area contributed by atoms with Crippen LogP contribution in [-0.4, -0.2) is 41.7 Å². The molecule has 0 saturated carbocycles. The Hall–Kier alpha value is -2.85. The molecule has 3 rings (SSSR count). The van der Waals surface area contributed by atoms with Gasteiger partial charge in [-0.2, -0.15) is 0 Å². The number of halogens is 2. The van der Waals surface area contributed by atoms with E-state index in [2.05, 4.69) is 21.2 Å². The summed E-state index contributed by atoms with van der Waals surface area (Å²) >= 11 is 4.17. The third-order valence-electron chi connectivity index (χ3n) is 4.19. The average Bonchev–Trinajstić information content (AvgIpc) is 2.96. The van der Waals surface area contributed by atoms with Crippen LogP contribution in [0.1, 0.15) is 19.4 Å². The Labute approximate surface area is 197 Å².